The van der Waals surface area contributed by atoms with Gasteiger partial charge in [-0.2, -0.15) is 0 Å². The number of carboxylic acid groups (broad SMARTS) is 1. The van der Waals surface area contributed by atoms with Gasteiger partial charge < -0.3 is 21.5 Å². The number of urea groups is 1. The lowest BCUT2D eigenvalue weighted by Gasteiger charge is -2.33. The number of nitrogens with one attached hydrogen (secondary N) is 2. The number of nitrogens with two attached hydrogens (primary N) is 1. The molecule has 1 atom stereocenters. The second-order valence-corrected chi connectivity index (χ2v) is 6.78. The van der Waals surface area contributed by atoms with Gasteiger partial charge in [0.1, 0.15) is 6.04 Å². The zero-order valence-corrected chi connectivity index (χ0v) is 12.7. The molecule has 0 fully saturated rings. The van der Waals surface area contributed by atoms with Crippen molar-refractivity contribution in [3.05, 3.63) is 0 Å². The highest BCUT2D eigenvalue weighted by molar-refractivity contribution is 5.87. The fourth-order valence-corrected chi connectivity index (χ4v) is 2.27. The van der Waals surface area contributed by atoms with Crippen LogP contribution in [-0.4, -0.2) is 34.6 Å². The van der Waals surface area contributed by atoms with E-state index in [0.29, 0.717) is 6.42 Å². The van der Waals surface area contributed by atoms with Gasteiger partial charge in [0, 0.05) is 5.54 Å². The van der Waals surface area contributed by atoms with Crippen molar-refractivity contribution in [1.29, 1.82) is 0 Å². The highest BCUT2D eigenvalue weighted by Gasteiger charge is 2.29. The molecule has 0 aromatic carbocycles. The number of aliphatic carboxylic acids is 1. The normalized spacial score (nSPS) is 13.4. The van der Waals surface area contributed by atoms with Crippen LogP contribution in [-0.2, 0) is 9.59 Å². The molecular formula is C13H25N3O4. The molecular weight excluding hydrogens is 262 g/mol. The maximum Gasteiger partial charge on any atom is 0.326 e. The fraction of sp³-hybridized carbons (Fsp3) is 0.769. The molecule has 5 N–H and O–H groups in total. The quantitative estimate of drug-likeness (QED) is 0.578. The van der Waals surface area contributed by atoms with E-state index in [4.69, 9.17) is 10.8 Å². The minimum atomic E-state index is -1.32. The molecule has 0 aliphatic heterocycles. The Balaban J connectivity index is 4.60. The van der Waals surface area contributed by atoms with Crippen LogP contribution in [0.3, 0.4) is 0 Å². The number of hydrogen-bond acceptors (Lipinski definition) is 3. The first-order chi connectivity index (χ1) is 8.82. The first kappa shape index (κ1) is 18.2. The van der Waals surface area contributed by atoms with Crippen molar-refractivity contribution >= 4 is 17.9 Å². The lowest BCUT2D eigenvalue weighted by molar-refractivity contribution is -0.140. The van der Waals surface area contributed by atoms with Gasteiger partial charge in [0.2, 0.25) is 5.91 Å². The summed E-state index contributed by atoms with van der Waals surface area (Å²) in [5.41, 5.74) is 4.45. The van der Waals surface area contributed by atoms with Gasteiger partial charge in [0.15, 0.2) is 0 Å². The van der Waals surface area contributed by atoms with E-state index in [0.717, 1.165) is 0 Å². The minimum Gasteiger partial charge on any atom is -0.480 e. The maximum absolute atomic E-state index is 11.8. The van der Waals surface area contributed by atoms with Crippen LogP contribution in [0.15, 0.2) is 0 Å². The molecule has 0 rings (SSSR count). The minimum absolute atomic E-state index is 0.0101. The van der Waals surface area contributed by atoms with Crippen LogP contribution >= 0.6 is 0 Å². The van der Waals surface area contributed by atoms with Crippen molar-refractivity contribution < 1.29 is 19.5 Å². The predicted octanol–water partition coefficient (Wildman–Crippen LogP) is 0.829. The molecule has 0 bridgehead atoms. The Hall–Kier alpha value is -1.79. The van der Waals surface area contributed by atoms with Crippen molar-refractivity contribution in [3.8, 4) is 0 Å². The van der Waals surface area contributed by atoms with Crippen molar-refractivity contribution in [2.24, 2.45) is 11.1 Å². The number of primary amides is 1. The molecule has 20 heavy (non-hydrogen) atoms. The van der Waals surface area contributed by atoms with Crippen molar-refractivity contribution in [1.82, 2.24) is 10.6 Å². The first-order valence-electron chi connectivity index (χ1n) is 6.42. The molecule has 0 saturated heterocycles. The number of amides is 3. The van der Waals surface area contributed by atoms with Gasteiger partial charge in [0.25, 0.3) is 0 Å². The van der Waals surface area contributed by atoms with Gasteiger partial charge in [-0.3, -0.25) is 4.79 Å². The summed E-state index contributed by atoms with van der Waals surface area (Å²) in [6, 6.07) is -1.95. The van der Waals surface area contributed by atoms with E-state index in [2.05, 4.69) is 10.6 Å². The third-order valence-electron chi connectivity index (χ3n) is 2.43. The molecule has 0 aliphatic rings. The van der Waals surface area contributed by atoms with E-state index in [-0.39, 0.29) is 5.41 Å². The number of hydrogen-bond donors (Lipinski definition) is 4. The Kier molecular flexibility index (Phi) is 5.99. The van der Waals surface area contributed by atoms with Crippen LogP contribution in [0.25, 0.3) is 0 Å². The van der Waals surface area contributed by atoms with Gasteiger partial charge in [-0.05, 0) is 25.7 Å². The number of rotatable bonds is 6. The summed E-state index contributed by atoms with van der Waals surface area (Å²) in [5.74, 6) is -2.08. The maximum atomic E-state index is 11.8. The Morgan fingerprint density at radius 3 is 2.00 bits per heavy atom. The van der Waals surface area contributed by atoms with E-state index in [1.165, 1.54) is 0 Å². The van der Waals surface area contributed by atoms with Crippen LogP contribution in [0.1, 0.15) is 47.5 Å². The highest BCUT2D eigenvalue weighted by Crippen LogP contribution is 2.26. The molecule has 0 radical (unpaired) electrons. The smallest absolute Gasteiger partial charge is 0.326 e. The summed E-state index contributed by atoms with van der Waals surface area (Å²) in [5, 5.41) is 13.9. The summed E-state index contributed by atoms with van der Waals surface area (Å²) >= 11 is 0. The third-order valence-corrected chi connectivity index (χ3v) is 2.43. The Labute approximate surface area is 119 Å². The number of carbonyl (C=O) groups excluding carboxylic acids is 2. The molecule has 0 aliphatic carbocycles. The summed E-state index contributed by atoms with van der Waals surface area (Å²) in [7, 11) is 0. The van der Waals surface area contributed by atoms with Gasteiger partial charge in [-0.1, -0.05) is 20.8 Å². The second-order valence-electron chi connectivity index (χ2n) is 6.78. The average molecular weight is 287 g/mol. The molecule has 0 spiro atoms. The van der Waals surface area contributed by atoms with Crippen LogP contribution in [0.2, 0.25) is 0 Å². The van der Waals surface area contributed by atoms with E-state index in [1.54, 1.807) is 0 Å². The lowest BCUT2D eigenvalue weighted by Crippen LogP contribution is -2.54. The largest absolute Gasteiger partial charge is 0.480 e. The molecule has 1 unspecified atom stereocenters. The molecule has 0 aromatic heterocycles. The summed E-state index contributed by atoms with van der Waals surface area (Å²) in [6.45, 7) is 9.83. The molecule has 0 heterocycles. The van der Waals surface area contributed by atoms with E-state index in [1.807, 2.05) is 34.6 Å². The fourth-order valence-electron chi connectivity index (χ4n) is 2.27. The monoisotopic (exact) mass is 287 g/mol. The third kappa shape index (κ3) is 8.34. The second kappa shape index (κ2) is 6.58. The van der Waals surface area contributed by atoms with E-state index in [9.17, 15) is 14.4 Å². The predicted molar refractivity (Wildman–Crippen MR) is 75.1 cm³/mol. The van der Waals surface area contributed by atoms with E-state index < -0.39 is 35.9 Å². The molecule has 7 heteroatoms. The highest BCUT2D eigenvalue weighted by atomic mass is 16.4. The van der Waals surface area contributed by atoms with Gasteiger partial charge >= 0.3 is 12.0 Å². The molecule has 0 aromatic rings. The summed E-state index contributed by atoms with van der Waals surface area (Å²) in [4.78, 5) is 33.5. The standard InChI is InChI=1S/C13H25N3O4/c1-12(2,3)7-13(4,5)16-11(20)15-8(10(18)19)6-9(14)17/h8H,6-7H2,1-5H3,(H2,14,17)(H,18,19)(H2,15,16,20). The molecule has 0 saturated carbocycles. The van der Waals surface area contributed by atoms with Crippen molar-refractivity contribution in [3.63, 3.8) is 0 Å². The van der Waals surface area contributed by atoms with Gasteiger partial charge in [0.05, 0.1) is 6.42 Å². The SMILES string of the molecule is CC(C)(C)CC(C)(C)NC(=O)NC(CC(N)=O)C(=O)O. The summed E-state index contributed by atoms with van der Waals surface area (Å²) in [6.07, 6.45) is 0.267. The Morgan fingerprint density at radius 1 is 1.15 bits per heavy atom. The van der Waals surface area contributed by atoms with Gasteiger partial charge in [-0.25, -0.2) is 9.59 Å². The number of carboxylic acids is 1. The first-order valence-corrected chi connectivity index (χ1v) is 6.42. The van der Waals surface area contributed by atoms with Gasteiger partial charge in [-0.15, -0.1) is 0 Å². The topological polar surface area (TPSA) is 122 Å². The zero-order valence-electron chi connectivity index (χ0n) is 12.7. The van der Waals surface area contributed by atoms with Crippen LogP contribution in [0, 0.1) is 5.41 Å². The van der Waals surface area contributed by atoms with Crippen LogP contribution in [0.4, 0.5) is 4.79 Å². The zero-order chi connectivity index (χ0) is 16.1. The number of carbonyl (C=O) groups is 3. The molecule has 7 nitrogen and oxygen atoms in total. The van der Waals surface area contributed by atoms with Crippen molar-refractivity contribution in [2.75, 3.05) is 0 Å². The molecule has 3 amide bonds. The Bertz CT molecular complexity index is 386. The van der Waals surface area contributed by atoms with Crippen LogP contribution < -0.4 is 16.4 Å². The van der Waals surface area contributed by atoms with E-state index >= 15 is 0 Å². The van der Waals surface area contributed by atoms with Crippen LogP contribution in [0.5, 0.6) is 0 Å². The molecule has 116 valence electrons. The lowest BCUT2D eigenvalue weighted by atomic mass is 9.82. The van der Waals surface area contributed by atoms with Crippen molar-refractivity contribution in [2.45, 2.75) is 59.0 Å². The average Bonchev–Trinajstić information content (AvgIpc) is 2.09. The summed E-state index contributed by atoms with van der Waals surface area (Å²) < 4.78 is 0. The Morgan fingerprint density at radius 2 is 1.65 bits per heavy atom.